The Morgan fingerprint density at radius 2 is 1.74 bits per heavy atom. The number of halogens is 1. The minimum Gasteiger partial charge on any atom is -0.356 e. The van der Waals surface area contributed by atoms with Gasteiger partial charge < -0.3 is 16.4 Å². The second-order valence-electron chi connectivity index (χ2n) is 10.7. The lowest BCUT2D eigenvalue weighted by molar-refractivity contribution is -0.123. The number of nitrogens with one attached hydrogen (secondary N) is 2. The number of aryl methyl sites for hydroxylation is 2. The zero-order chi connectivity index (χ0) is 32.6. The molecule has 4 aromatic rings. The van der Waals surface area contributed by atoms with Gasteiger partial charge in [0.05, 0.1) is 25.2 Å². The van der Waals surface area contributed by atoms with Crippen molar-refractivity contribution < 1.29 is 9.59 Å². The highest BCUT2D eigenvalue weighted by Crippen LogP contribution is 2.39. The number of hydrogen-bond donors (Lipinski definition) is 3. The van der Waals surface area contributed by atoms with E-state index in [9.17, 15) is 9.59 Å². The standard InChI is InChI=1S/C35H34ClN7O2S/c1-22-23(2)46-35-32(22)33(27-13-15-28(36)16-14-27)40-29(34-42-41-24(3)43(34)35)21-31(45)39-19-7-12-30(44)38-18-6-11-26-9-4-8-25(20-26)10-5-17-37/h4,8-9,13-16,20,29H,7,12,17-19,21,37H2,1-3H3,(H,38,44)(H,39,45)/t29-/m0/s1. The molecule has 1 atom stereocenters. The fourth-order valence-corrected chi connectivity index (χ4v) is 6.40. The molecule has 2 amide bonds. The van der Waals surface area contributed by atoms with E-state index in [0.29, 0.717) is 30.4 Å². The topological polar surface area (TPSA) is 127 Å². The van der Waals surface area contributed by atoms with Gasteiger partial charge in [-0.2, -0.15) is 0 Å². The average Bonchev–Trinajstić information content (AvgIpc) is 3.52. The third-order valence-corrected chi connectivity index (χ3v) is 8.89. The number of hydrogen-bond acceptors (Lipinski definition) is 7. The number of thiophene rings is 1. The lowest BCUT2D eigenvalue weighted by Crippen LogP contribution is -2.28. The van der Waals surface area contributed by atoms with Gasteiger partial charge in [-0.3, -0.25) is 19.1 Å². The van der Waals surface area contributed by atoms with E-state index >= 15 is 0 Å². The normalized spacial score (nSPS) is 13.2. The monoisotopic (exact) mass is 651 g/mol. The highest BCUT2D eigenvalue weighted by atomic mass is 35.5. The Labute approximate surface area is 277 Å². The van der Waals surface area contributed by atoms with Crippen LogP contribution in [0.15, 0.2) is 53.5 Å². The number of nitrogens with zero attached hydrogens (tertiary/aromatic N) is 4. The summed E-state index contributed by atoms with van der Waals surface area (Å²) in [7, 11) is 0. The number of nitrogens with two attached hydrogens (primary N) is 1. The van der Waals surface area contributed by atoms with E-state index in [-0.39, 0.29) is 31.2 Å². The number of fused-ring (bicyclic) bond motifs is 3. The predicted molar refractivity (Wildman–Crippen MR) is 182 cm³/mol. The largest absolute Gasteiger partial charge is 0.356 e. The SMILES string of the molecule is Cc1sc2c(c1C)C(c1ccc(Cl)cc1)=N[C@@H](CC(=O)NCCCC(=O)NCC#Cc1cccc(C#CCN)c1)c1nnc(C)n1-2. The molecule has 0 saturated heterocycles. The molecule has 0 unspecified atom stereocenters. The molecule has 46 heavy (non-hydrogen) atoms. The van der Waals surface area contributed by atoms with Gasteiger partial charge in [-0.1, -0.05) is 53.5 Å². The molecule has 0 fully saturated rings. The molecular weight excluding hydrogens is 618 g/mol. The summed E-state index contributed by atoms with van der Waals surface area (Å²) >= 11 is 7.86. The lowest BCUT2D eigenvalue weighted by atomic mass is 9.99. The molecule has 0 radical (unpaired) electrons. The molecule has 2 aromatic carbocycles. The van der Waals surface area contributed by atoms with E-state index in [1.807, 2.05) is 60.0 Å². The van der Waals surface area contributed by atoms with Crippen molar-refractivity contribution in [3.8, 4) is 28.7 Å². The number of carbonyl (C=O) groups is 2. The Kier molecular flexibility index (Phi) is 10.7. The maximum Gasteiger partial charge on any atom is 0.222 e. The Bertz CT molecular complexity index is 1920. The Morgan fingerprint density at radius 1 is 1.00 bits per heavy atom. The molecule has 4 N–H and O–H groups in total. The Morgan fingerprint density at radius 3 is 2.48 bits per heavy atom. The van der Waals surface area contributed by atoms with Crippen molar-refractivity contribution in [3.05, 3.63) is 97.9 Å². The quantitative estimate of drug-likeness (QED) is 0.190. The molecule has 234 valence electrons. The zero-order valence-electron chi connectivity index (χ0n) is 25.9. The minimum absolute atomic E-state index is 0.0863. The van der Waals surface area contributed by atoms with Crippen LogP contribution in [0.3, 0.4) is 0 Å². The summed E-state index contributed by atoms with van der Waals surface area (Å²) in [6, 6.07) is 14.6. The smallest absolute Gasteiger partial charge is 0.222 e. The fourth-order valence-electron chi connectivity index (χ4n) is 5.06. The number of rotatable bonds is 8. The van der Waals surface area contributed by atoms with E-state index in [2.05, 4.69) is 58.4 Å². The molecule has 5 rings (SSSR count). The van der Waals surface area contributed by atoms with Crippen molar-refractivity contribution >= 4 is 40.5 Å². The third kappa shape index (κ3) is 7.72. The summed E-state index contributed by atoms with van der Waals surface area (Å²) < 4.78 is 2.02. The lowest BCUT2D eigenvalue weighted by Gasteiger charge is -2.13. The third-order valence-electron chi connectivity index (χ3n) is 7.44. The van der Waals surface area contributed by atoms with Crippen LogP contribution in [0.1, 0.15) is 69.6 Å². The molecule has 11 heteroatoms. The van der Waals surface area contributed by atoms with Gasteiger partial charge in [-0.05, 0) is 63.1 Å². The van der Waals surface area contributed by atoms with Crippen LogP contribution < -0.4 is 16.4 Å². The van der Waals surface area contributed by atoms with Gasteiger partial charge in [0.2, 0.25) is 11.8 Å². The molecule has 0 spiro atoms. The van der Waals surface area contributed by atoms with Crippen molar-refractivity contribution in [2.45, 2.75) is 46.1 Å². The second-order valence-corrected chi connectivity index (χ2v) is 12.4. The highest BCUT2D eigenvalue weighted by molar-refractivity contribution is 7.15. The van der Waals surface area contributed by atoms with Crippen molar-refractivity contribution in [3.63, 3.8) is 0 Å². The summed E-state index contributed by atoms with van der Waals surface area (Å²) in [5.41, 5.74) is 10.9. The van der Waals surface area contributed by atoms with Gasteiger partial charge in [0, 0.05) is 45.1 Å². The summed E-state index contributed by atoms with van der Waals surface area (Å²) in [6.45, 7) is 6.96. The first kappa shape index (κ1) is 32.6. The molecule has 0 bridgehead atoms. The van der Waals surface area contributed by atoms with E-state index in [1.54, 1.807) is 11.3 Å². The second kappa shape index (κ2) is 15.0. The predicted octanol–water partition coefficient (Wildman–Crippen LogP) is 4.56. The molecule has 9 nitrogen and oxygen atoms in total. The van der Waals surface area contributed by atoms with Crippen LogP contribution in [0.5, 0.6) is 0 Å². The Hall–Kier alpha value is -4.74. The van der Waals surface area contributed by atoms with Crippen LogP contribution in [0.2, 0.25) is 5.02 Å². The van der Waals surface area contributed by atoms with Gasteiger partial charge in [-0.25, -0.2) is 0 Å². The molecule has 1 aliphatic heterocycles. The van der Waals surface area contributed by atoms with Crippen LogP contribution >= 0.6 is 22.9 Å². The maximum absolute atomic E-state index is 13.1. The van der Waals surface area contributed by atoms with Gasteiger partial charge >= 0.3 is 0 Å². The summed E-state index contributed by atoms with van der Waals surface area (Å²) in [5.74, 6) is 12.8. The number of amides is 2. The van der Waals surface area contributed by atoms with Gasteiger partial charge in [-0.15, -0.1) is 21.5 Å². The summed E-state index contributed by atoms with van der Waals surface area (Å²) in [4.78, 5) is 31.8. The van der Waals surface area contributed by atoms with E-state index < -0.39 is 6.04 Å². The highest BCUT2D eigenvalue weighted by Gasteiger charge is 2.32. The molecule has 2 aromatic heterocycles. The summed E-state index contributed by atoms with van der Waals surface area (Å²) in [6.07, 6.45) is 0.839. The van der Waals surface area contributed by atoms with Crippen molar-refractivity contribution in [1.29, 1.82) is 0 Å². The van der Waals surface area contributed by atoms with Crippen molar-refractivity contribution in [1.82, 2.24) is 25.4 Å². The fraction of sp³-hybridized carbons (Fsp3) is 0.286. The molecule has 1 aliphatic rings. The average molecular weight is 652 g/mol. The van der Waals surface area contributed by atoms with Crippen LogP contribution in [0.25, 0.3) is 5.00 Å². The molecular formula is C35H34ClN7O2S. The number of aliphatic imine (C=N–C) groups is 1. The zero-order valence-corrected chi connectivity index (χ0v) is 27.5. The van der Waals surface area contributed by atoms with E-state index in [1.165, 1.54) is 4.88 Å². The van der Waals surface area contributed by atoms with Gasteiger partial charge in [0.25, 0.3) is 0 Å². The van der Waals surface area contributed by atoms with Crippen LogP contribution in [-0.4, -0.2) is 51.9 Å². The van der Waals surface area contributed by atoms with Crippen LogP contribution in [0.4, 0.5) is 0 Å². The van der Waals surface area contributed by atoms with Crippen LogP contribution in [-0.2, 0) is 9.59 Å². The maximum atomic E-state index is 13.1. The molecule has 3 heterocycles. The first-order valence-corrected chi connectivity index (χ1v) is 16.1. The summed E-state index contributed by atoms with van der Waals surface area (Å²) in [5, 5.41) is 16.2. The van der Waals surface area contributed by atoms with Crippen molar-refractivity contribution in [2.75, 3.05) is 19.6 Å². The first-order chi connectivity index (χ1) is 22.2. The van der Waals surface area contributed by atoms with Gasteiger partial charge in [0.15, 0.2) is 5.82 Å². The molecule has 0 saturated carbocycles. The van der Waals surface area contributed by atoms with Gasteiger partial charge in [0.1, 0.15) is 16.9 Å². The minimum atomic E-state index is -0.554. The Balaban J connectivity index is 1.19. The number of carbonyl (C=O) groups excluding carboxylic acids is 2. The van der Waals surface area contributed by atoms with E-state index in [0.717, 1.165) is 44.4 Å². The van der Waals surface area contributed by atoms with E-state index in [4.69, 9.17) is 22.3 Å². The first-order valence-electron chi connectivity index (χ1n) is 14.9. The molecule has 0 aliphatic carbocycles. The van der Waals surface area contributed by atoms with Crippen molar-refractivity contribution in [2.24, 2.45) is 10.7 Å². The number of benzene rings is 2. The number of aromatic nitrogens is 3. The van der Waals surface area contributed by atoms with Crippen LogP contribution in [0, 0.1) is 44.5 Å².